The van der Waals surface area contributed by atoms with E-state index in [1.54, 1.807) is 4.90 Å². The highest BCUT2D eigenvalue weighted by atomic mass is 19.1. The summed E-state index contributed by atoms with van der Waals surface area (Å²) in [4.78, 5) is 24.9. The number of ether oxygens (including phenoxy) is 1. The van der Waals surface area contributed by atoms with Crippen LogP contribution in [-0.4, -0.2) is 35.8 Å². The highest BCUT2D eigenvalue weighted by Gasteiger charge is 2.34. The van der Waals surface area contributed by atoms with Crippen molar-refractivity contribution < 1.29 is 22.8 Å². The van der Waals surface area contributed by atoms with Gasteiger partial charge >= 0.3 is 6.09 Å². The molecular formula is C17H18F2N2O4. The van der Waals surface area contributed by atoms with Crippen molar-refractivity contribution in [2.75, 3.05) is 13.7 Å². The number of halogens is 2. The van der Waals surface area contributed by atoms with Crippen LogP contribution in [0.15, 0.2) is 33.6 Å². The van der Waals surface area contributed by atoms with Crippen LogP contribution >= 0.6 is 0 Å². The van der Waals surface area contributed by atoms with Crippen molar-refractivity contribution in [3.8, 4) is 0 Å². The number of hydrogen-bond acceptors (Lipinski definition) is 4. The quantitative estimate of drug-likeness (QED) is 0.922. The Morgan fingerprint density at radius 1 is 1.32 bits per heavy atom. The maximum atomic E-state index is 13.4. The fourth-order valence-corrected chi connectivity index (χ4v) is 3.36. The number of benzene rings is 1. The summed E-state index contributed by atoms with van der Waals surface area (Å²) in [6.07, 6.45) is 0.878. The first-order valence-electron chi connectivity index (χ1n) is 7.94. The van der Waals surface area contributed by atoms with Crippen LogP contribution in [0.3, 0.4) is 0 Å². The second kappa shape index (κ2) is 7.08. The Labute approximate surface area is 142 Å². The number of methoxy groups -OCH3 is 1. The van der Waals surface area contributed by atoms with Gasteiger partial charge in [-0.15, -0.1) is 0 Å². The Kier molecular flexibility index (Phi) is 4.87. The number of amides is 1. The summed E-state index contributed by atoms with van der Waals surface area (Å²) in [7, 11) is 1.29. The first-order chi connectivity index (χ1) is 12.0. The van der Waals surface area contributed by atoms with Crippen molar-refractivity contribution in [1.82, 2.24) is 10.1 Å². The molecule has 1 aliphatic rings. The molecule has 6 nitrogen and oxygen atoms in total. The van der Waals surface area contributed by atoms with E-state index in [-0.39, 0.29) is 23.9 Å². The first kappa shape index (κ1) is 17.2. The zero-order valence-electron chi connectivity index (χ0n) is 13.6. The summed E-state index contributed by atoms with van der Waals surface area (Å²) in [5.74, 6) is -0.875. The molecule has 0 unspecified atom stereocenters. The van der Waals surface area contributed by atoms with Gasteiger partial charge in [0.1, 0.15) is 17.4 Å². The molecule has 0 spiro atoms. The van der Waals surface area contributed by atoms with Crippen LogP contribution in [0.25, 0.3) is 0 Å². The standard InChI is InChI=1S/C17H18F2N2O4/c1-24-17(23)21-3-2-11(15-9-16(22)20-25-15)7-14(21)6-10-4-12(18)8-13(19)5-10/h4-5,8-9,11,14H,2-3,6-7H2,1H3,(H,20,22)/t11-,14+/m0/s1. The average molecular weight is 352 g/mol. The maximum absolute atomic E-state index is 13.4. The lowest BCUT2D eigenvalue weighted by molar-refractivity contribution is 0.0816. The fourth-order valence-electron chi connectivity index (χ4n) is 3.36. The lowest BCUT2D eigenvalue weighted by atomic mass is 9.86. The fraction of sp³-hybridized carbons (Fsp3) is 0.412. The van der Waals surface area contributed by atoms with Crippen LogP contribution in [0.5, 0.6) is 0 Å². The van der Waals surface area contributed by atoms with Crippen LogP contribution in [0.4, 0.5) is 13.6 Å². The van der Waals surface area contributed by atoms with Gasteiger partial charge in [-0.1, -0.05) is 0 Å². The molecule has 134 valence electrons. The summed E-state index contributed by atoms with van der Waals surface area (Å²) in [6.45, 7) is 0.398. The Balaban J connectivity index is 1.83. The topological polar surface area (TPSA) is 75.5 Å². The number of aromatic amines is 1. The third kappa shape index (κ3) is 3.89. The molecule has 2 atom stereocenters. The molecule has 1 aromatic carbocycles. The number of piperidine rings is 1. The number of rotatable bonds is 3. The van der Waals surface area contributed by atoms with Crippen molar-refractivity contribution >= 4 is 6.09 Å². The smallest absolute Gasteiger partial charge is 0.409 e. The molecule has 25 heavy (non-hydrogen) atoms. The van der Waals surface area contributed by atoms with Gasteiger partial charge in [0, 0.05) is 30.6 Å². The van der Waals surface area contributed by atoms with Crippen LogP contribution in [0.1, 0.15) is 30.1 Å². The summed E-state index contributed by atoms with van der Waals surface area (Å²) < 4.78 is 36.9. The summed E-state index contributed by atoms with van der Waals surface area (Å²) in [5.41, 5.74) is 0.127. The molecule has 1 amide bonds. The van der Waals surface area contributed by atoms with Gasteiger partial charge in [-0.25, -0.2) is 13.6 Å². The van der Waals surface area contributed by atoms with E-state index < -0.39 is 17.7 Å². The Hall–Kier alpha value is -2.64. The van der Waals surface area contributed by atoms with E-state index in [9.17, 15) is 18.4 Å². The Bertz CT molecular complexity index is 797. The van der Waals surface area contributed by atoms with Crippen LogP contribution in [0.2, 0.25) is 0 Å². The SMILES string of the molecule is COC(=O)N1CC[C@H](c2cc(=O)[nH]o2)C[C@H]1Cc1cc(F)cc(F)c1. The highest BCUT2D eigenvalue weighted by Crippen LogP contribution is 2.33. The van der Waals surface area contributed by atoms with Crippen LogP contribution in [-0.2, 0) is 11.2 Å². The molecule has 8 heteroatoms. The van der Waals surface area contributed by atoms with E-state index in [4.69, 9.17) is 9.26 Å². The predicted molar refractivity (Wildman–Crippen MR) is 84.3 cm³/mol. The zero-order valence-corrected chi connectivity index (χ0v) is 13.6. The number of likely N-dealkylation sites (tertiary alicyclic amines) is 1. The molecule has 0 bridgehead atoms. The summed E-state index contributed by atoms with van der Waals surface area (Å²) >= 11 is 0. The van der Waals surface area contributed by atoms with E-state index in [0.29, 0.717) is 30.7 Å². The minimum absolute atomic E-state index is 0.0664. The van der Waals surface area contributed by atoms with Gasteiger partial charge in [-0.05, 0) is 37.0 Å². The van der Waals surface area contributed by atoms with Gasteiger partial charge in [0.05, 0.1) is 7.11 Å². The zero-order chi connectivity index (χ0) is 18.0. The first-order valence-corrected chi connectivity index (χ1v) is 7.94. The van der Waals surface area contributed by atoms with Gasteiger partial charge in [-0.3, -0.25) is 4.79 Å². The molecule has 1 fully saturated rings. The number of nitrogens with zero attached hydrogens (tertiary/aromatic N) is 1. The molecule has 1 aliphatic heterocycles. The van der Waals surface area contributed by atoms with Gasteiger partial charge in [-0.2, -0.15) is 5.16 Å². The van der Waals surface area contributed by atoms with Gasteiger partial charge in [0.2, 0.25) is 0 Å². The highest BCUT2D eigenvalue weighted by molar-refractivity contribution is 5.68. The predicted octanol–water partition coefficient (Wildman–Crippen LogP) is 2.80. The number of H-pyrrole nitrogens is 1. The number of carbonyl (C=O) groups is 1. The molecule has 1 N–H and O–H groups in total. The van der Waals surface area contributed by atoms with Crippen LogP contribution < -0.4 is 5.56 Å². The third-order valence-electron chi connectivity index (χ3n) is 4.46. The molecule has 1 aromatic heterocycles. The molecule has 3 rings (SSSR count). The second-order valence-electron chi connectivity index (χ2n) is 6.14. The van der Waals surface area contributed by atoms with Crippen molar-refractivity contribution in [2.45, 2.75) is 31.2 Å². The Morgan fingerprint density at radius 3 is 2.64 bits per heavy atom. The van der Waals surface area contributed by atoms with E-state index >= 15 is 0 Å². The number of aromatic nitrogens is 1. The maximum Gasteiger partial charge on any atom is 0.409 e. The van der Waals surface area contributed by atoms with E-state index in [0.717, 1.165) is 6.07 Å². The minimum Gasteiger partial charge on any atom is -0.453 e. The normalized spacial score (nSPS) is 20.5. The molecule has 0 saturated carbocycles. The number of carbonyl (C=O) groups excluding carboxylic acids is 1. The molecule has 0 radical (unpaired) electrons. The third-order valence-corrected chi connectivity index (χ3v) is 4.46. The number of nitrogens with one attached hydrogen (secondary N) is 1. The Morgan fingerprint density at radius 2 is 2.04 bits per heavy atom. The molecule has 2 heterocycles. The van der Waals surface area contributed by atoms with Gasteiger partial charge in [0.15, 0.2) is 0 Å². The largest absolute Gasteiger partial charge is 0.453 e. The molecule has 0 aliphatic carbocycles. The lowest BCUT2D eigenvalue weighted by Gasteiger charge is -2.38. The van der Waals surface area contributed by atoms with E-state index in [2.05, 4.69) is 5.16 Å². The second-order valence-corrected chi connectivity index (χ2v) is 6.14. The van der Waals surface area contributed by atoms with Crippen LogP contribution in [0, 0.1) is 11.6 Å². The molecule has 2 aromatic rings. The lowest BCUT2D eigenvalue weighted by Crippen LogP contribution is -2.46. The molecule has 1 saturated heterocycles. The summed E-state index contributed by atoms with van der Waals surface area (Å²) in [6, 6.07) is 4.36. The van der Waals surface area contributed by atoms with Gasteiger partial charge in [0.25, 0.3) is 5.56 Å². The van der Waals surface area contributed by atoms with Crippen molar-refractivity contribution in [1.29, 1.82) is 0 Å². The van der Waals surface area contributed by atoms with Crippen molar-refractivity contribution in [3.05, 3.63) is 57.6 Å². The number of hydrogen-bond donors (Lipinski definition) is 1. The summed E-state index contributed by atoms with van der Waals surface area (Å²) in [5, 5.41) is 2.26. The van der Waals surface area contributed by atoms with Crippen molar-refractivity contribution in [3.63, 3.8) is 0 Å². The van der Waals surface area contributed by atoms with Crippen molar-refractivity contribution in [2.24, 2.45) is 0 Å². The van der Waals surface area contributed by atoms with E-state index in [1.807, 2.05) is 0 Å². The monoisotopic (exact) mass is 352 g/mol. The molecular weight excluding hydrogens is 334 g/mol. The van der Waals surface area contributed by atoms with E-state index in [1.165, 1.54) is 25.3 Å². The van der Waals surface area contributed by atoms with Gasteiger partial charge < -0.3 is 14.2 Å². The average Bonchev–Trinajstić information content (AvgIpc) is 2.99. The minimum atomic E-state index is -0.663.